The number of rotatable bonds is 11. The first-order valence-electron chi connectivity index (χ1n) is 10.7. The molecule has 0 radical (unpaired) electrons. The van der Waals surface area contributed by atoms with Gasteiger partial charge in [-0.1, -0.05) is 25.7 Å². The van der Waals surface area contributed by atoms with Crippen molar-refractivity contribution in [3.8, 4) is 11.8 Å². The first-order chi connectivity index (χ1) is 13.6. The number of nitrogens with zero attached hydrogens (tertiary/aromatic N) is 1. The van der Waals surface area contributed by atoms with Crippen LogP contribution in [0.4, 0.5) is 0 Å². The number of carbonyl (C=O) groups excluding carboxylic acids is 2. The summed E-state index contributed by atoms with van der Waals surface area (Å²) in [6.45, 7) is 3.99. The zero-order chi connectivity index (χ0) is 20.2. The van der Waals surface area contributed by atoms with Crippen molar-refractivity contribution in [2.75, 3.05) is 26.9 Å². The van der Waals surface area contributed by atoms with Crippen LogP contribution in [0.15, 0.2) is 0 Å². The van der Waals surface area contributed by atoms with Gasteiger partial charge in [-0.3, -0.25) is 9.59 Å². The fraction of sp³-hybridized carbons (Fsp3) is 0.818. The van der Waals surface area contributed by atoms with E-state index in [1.54, 1.807) is 0 Å². The van der Waals surface area contributed by atoms with Crippen LogP contribution in [0.1, 0.15) is 77.6 Å². The Bertz CT molecular complexity index is 559. The van der Waals surface area contributed by atoms with Crippen LogP contribution >= 0.6 is 0 Å². The van der Waals surface area contributed by atoms with Crippen molar-refractivity contribution >= 4 is 11.9 Å². The summed E-state index contributed by atoms with van der Waals surface area (Å²) in [5.41, 5.74) is 0. The van der Waals surface area contributed by atoms with E-state index >= 15 is 0 Å². The number of ether oxygens (including phenoxy) is 3. The quantitative estimate of drug-likeness (QED) is 0.306. The third-order valence-electron chi connectivity index (χ3n) is 5.57. The van der Waals surface area contributed by atoms with Crippen LogP contribution in [0.5, 0.6) is 0 Å². The summed E-state index contributed by atoms with van der Waals surface area (Å²) >= 11 is 0. The lowest BCUT2D eigenvalue weighted by atomic mass is 9.98. The van der Waals surface area contributed by atoms with E-state index in [2.05, 4.69) is 23.5 Å². The molecule has 2 aliphatic rings. The maximum Gasteiger partial charge on any atom is 0.305 e. The third kappa shape index (κ3) is 7.10. The average Bonchev–Trinajstić information content (AvgIpc) is 3.30. The Morgan fingerprint density at radius 2 is 2.00 bits per heavy atom. The van der Waals surface area contributed by atoms with Gasteiger partial charge in [-0.05, 0) is 25.7 Å². The lowest BCUT2D eigenvalue weighted by Gasteiger charge is -2.30. The summed E-state index contributed by atoms with van der Waals surface area (Å²) in [5.74, 6) is 5.69. The van der Waals surface area contributed by atoms with Crippen molar-refractivity contribution in [2.24, 2.45) is 0 Å². The molecular weight excluding hydrogens is 358 g/mol. The number of carbonyl (C=O) groups is 2. The van der Waals surface area contributed by atoms with Crippen LogP contribution in [0.2, 0.25) is 0 Å². The van der Waals surface area contributed by atoms with Crippen molar-refractivity contribution < 1.29 is 23.8 Å². The largest absolute Gasteiger partial charge is 0.469 e. The van der Waals surface area contributed by atoms with Gasteiger partial charge in [0.1, 0.15) is 0 Å². The van der Waals surface area contributed by atoms with Crippen LogP contribution < -0.4 is 0 Å². The van der Waals surface area contributed by atoms with E-state index in [1.807, 2.05) is 4.90 Å². The smallest absolute Gasteiger partial charge is 0.305 e. The monoisotopic (exact) mass is 393 g/mol. The van der Waals surface area contributed by atoms with E-state index in [1.165, 1.54) is 20.0 Å². The Morgan fingerprint density at radius 3 is 2.71 bits per heavy atom. The van der Waals surface area contributed by atoms with Crippen LogP contribution in [-0.4, -0.2) is 55.5 Å². The molecule has 2 heterocycles. The second kappa shape index (κ2) is 12.1. The van der Waals surface area contributed by atoms with Crippen molar-refractivity contribution in [2.45, 2.75) is 89.4 Å². The zero-order valence-corrected chi connectivity index (χ0v) is 17.5. The molecule has 2 aliphatic heterocycles. The lowest BCUT2D eigenvalue weighted by molar-refractivity contribution is -0.170. The van der Waals surface area contributed by atoms with Gasteiger partial charge in [0.2, 0.25) is 5.91 Å². The normalized spacial score (nSPS) is 20.9. The molecule has 0 aromatic heterocycles. The average molecular weight is 394 g/mol. The van der Waals surface area contributed by atoms with Gasteiger partial charge < -0.3 is 19.1 Å². The summed E-state index contributed by atoms with van der Waals surface area (Å²) in [4.78, 5) is 25.2. The number of esters is 1. The fourth-order valence-electron chi connectivity index (χ4n) is 3.90. The minimum Gasteiger partial charge on any atom is -0.469 e. The first kappa shape index (κ1) is 22.7. The molecule has 158 valence electrons. The molecule has 2 fully saturated rings. The van der Waals surface area contributed by atoms with Gasteiger partial charge in [0.05, 0.1) is 26.9 Å². The minimum absolute atomic E-state index is 0.183. The summed E-state index contributed by atoms with van der Waals surface area (Å²) < 4.78 is 16.6. The third-order valence-corrected chi connectivity index (χ3v) is 5.57. The Morgan fingerprint density at radius 1 is 1.21 bits per heavy atom. The Hall–Kier alpha value is -1.58. The van der Waals surface area contributed by atoms with Gasteiger partial charge in [-0.2, -0.15) is 0 Å². The van der Waals surface area contributed by atoms with Crippen molar-refractivity contribution in [1.82, 2.24) is 4.90 Å². The van der Waals surface area contributed by atoms with Gasteiger partial charge in [0, 0.05) is 38.1 Å². The van der Waals surface area contributed by atoms with E-state index in [0.29, 0.717) is 45.4 Å². The molecule has 0 bridgehead atoms. The van der Waals surface area contributed by atoms with E-state index < -0.39 is 5.79 Å². The Kier molecular flexibility index (Phi) is 9.80. The molecule has 2 saturated heterocycles. The van der Waals surface area contributed by atoms with E-state index in [9.17, 15) is 9.59 Å². The van der Waals surface area contributed by atoms with Crippen LogP contribution in [-0.2, 0) is 23.8 Å². The number of amides is 1. The van der Waals surface area contributed by atoms with Crippen molar-refractivity contribution in [3.05, 3.63) is 0 Å². The Balaban J connectivity index is 1.78. The summed E-state index contributed by atoms with van der Waals surface area (Å²) in [6.07, 6.45) is 9.33. The summed E-state index contributed by atoms with van der Waals surface area (Å²) in [7, 11) is 1.39. The molecule has 1 atom stereocenters. The van der Waals surface area contributed by atoms with Gasteiger partial charge in [-0.15, -0.1) is 5.92 Å². The molecule has 6 heteroatoms. The van der Waals surface area contributed by atoms with Gasteiger partial charge in [0.25, 0.3) is 0 Å². The van der Waals surface area contributed by atoms with E-state index in [0.717, 1.165) is 32.1 Å². The van der Waals surface area contributed by atoms with E-state index in [4.69, 9.17) is 9.47 Å². The molecule has 28 heavy (non-hydrogen) atoms. The highest BCUT2D eigenvalue weighted by Crippen LogP contribution is 2.33. The van der Waals surface area contributed by atoms with E-state index in [-0.39, 0.29) is 17.9 Å². The number of methoxy groups -OCH3 is 1. The van der Waals surface area contributed by atoms with Gasteiger partial charge in [-0.25, -0.2) is 0 Å². The summed E-state index contributed by atoms with van der Waals surface area (Å²) in [5, 5.41) is 0. The van der Waals surface area contributed by atoms with Gasteiger partial charge >= 0.3 is 5.97 Å². The highest BCUT2D eigenvalue weighted by molar-refractivity contribution is 5.79. The first-order valence-corrected chi connectivity index (χ1v) is 10.7. The lowest BCUT2D eigenvalue weighted by Crippen LogP contribution is -2.37. The van der Waals surface area contributed by atoms with Gasteiger partial charge in [0.15, 0.2) is 5.79 Å². The minimum atomic E-state index is -0.452. The maximum atomic E-state index is 12.3. The molecule has 0 N–H and O–H groups in total. The molecule has 0 aliphatic carbocycles. The van der Waals surface area contributed by atoms with Crippen molar-refractivity contribution in [1.29, 1.82) is 0 Å². The number of hydrogen-bond acceptors (Lipinski definition) is 5. The molecule has 0 spiro atoms. The zero-order valence-electron chi connectivity index (χ0n) is 17.5. The molecule has 2 rings (SSSR count). The second-order valence-electron chi connectivity index (χ2n) is 7.60. The molecule has 6 nitrogen and oxygen atoms in total. The second-order valence-corrected chi connectivity index (χ2v) is 7.60. The highest BCUT2D eigenvalue weighted by atomic mass is 16.7. The highest BCUT2D eigenvalue weighted by Gasteiger charge is 2.38. The van der Waals surface area contributed by atoms with Crippen LogP contribution in [0, 0.1) is 11.8 Å². The number of unbranched alkanes of at least 4 members (excludes halogenated alkanes) is 3. The number of hydrogen-bond donors (Lipinski definition) is 0. The molecule has 1 amide bonds. The standard InChI is InChI=1S/C22H35NO5/c1-3-4-8-14-22(27-17-18-28-22)15-13-19-11-12-20(24)23(19)16-9-6-5-7-10-21(25)26-2/h19H,3-5,7-8,10-18H2,1-2H3. The Labute approximate surface area is 169 Å². The molecule has 0 aromatic rings. The predicted molar refractivity (Wildman–Crippen MR) is 106 cm³/mol. The fourth-order valence-corrected chi connectivity index (χ4v) is 3.90. The SMILES string of the molecule is CCCCCC1(CCC2CCC(=O)N2CC#CCCCC(=O)OC)OCCO1. The molecular formula is C22H35NO5. The van der Waals surface area contributed by atoms with Crippen LogP contribution in [0.3, 0.4) is 0 Å². The summed E-state index contributed by atoms with van der Waals surface area (Å²) in [6, 6.07) is 0.215. The topological polar surface area (TPSA) is 65.1 Å². The predicted octanol–water partition coefficient (Wildman–Crippen LogP) is 3.43. The van der Waals surface area contributed by atoms with Crippen LogP contribution in [0.25, 0.3) is 0 Å². The molecule has 1 unspecified atom stereocenters. The molecule has 0 saturated carbocycles. The van der Waals surface area contributed by atoms with Crippen molar-refractivity contribution in [3.63, 3.8) is 0 Å². The molecule has 0 aromatic carbocycles. The maximum absolute atomic E-state index is 12.3. The number of likely N-dealkylation sites (tertiary alicyclic amines) is 1.